The van der Waals surface area contributed by atoms with Crippen LogP contribution in [0.2, 0.25) is 0 Å². The van der Waals surface area contributed by atoms with Gasteiger partial charge in [-0.25, -0.2) is 0 Å². The minimum absolute atomic E-state index is 0.0496. The Morgan fingerprint density at radius 2 is 1.32 bits per heavy atom. The summed E-state index contributed by atoms with van der Waals surface area (Å²) in [6, 6.07) is 4.27. The van der Waals surface area contributed by atoms with Crippen molar-refractivity contribution in [2.24, 2.45) is 15.6 Å². The summed E-state index contributed by atoms with van der Waals surface area (Å²) in [5, 5.41) is 36.5. The molecule has 0 aliphatic carbocycles. The molecule has 2 unspecified atom stereocenters. The van der Waals surface area contributed by atoms with Gasteiger partial charge in [-0.2, -0.15) is 20.8 Å². The largest absolute Gasteiger partial charge is 0.396 e. The first-order chi connectivity index (χ1) is 9.86. The van der Waals surface area contributed by atoms with Crippen LogP contribution < -0.4 is 0 Å². The van der Waals surface area contributed by atoms with Crippen molar-refractivity contribution in [2.75, 3.05) is 13.7 Å². The third kappa shape index (κ3) is 6.51. The van der Waals surface area contributed by atoms with Crippen LogP contribution >= 0.6 is 0 Å². The molecule has 6 nitrogen and oxygen atoms in total. The highest BCUT2D eigenvalue weighted by Crippen LogP contribution is 2.32. The highest BCUT2D eigenvalue weighted by Gasteiger charge is 2.36. The second-order valence-corrected chi connectivity index (χ2v) is 7.61. The minimum atomic E-state index is -1.08. The van der Waals surface area contributed by atoms with Gasteiger partial charge in [-0.05, 0) is 39.5 Å². The summed E-state index contributed by atoms with van der Waals surface area (Å²) in [6.07, 6.45) is 0.715. The summed E-state index contributed by atoms with van der Waals surface area (Å²) in [5.41, 5.74) is -3.11. The van der Waals surface area contributed by atoms with Crippen LogP contribution in [0.25, 0.3) is 0 Å². The van der Waals surface area contributed by atoms with Crippen LogP contribution in [0.4, 0.5) is 0 Å². The number of aliphatic hydroxyl groups excluding tert-OH is 1. The number of nitrogens with zero attached hydrogens (tertiary/aromatic N) is 4. The first kappa shape index (κ1) is 20.5. The van der Waals surface area contributed by atoms with E-state index in [-0.39, 0.29) is 6.61 Å². The van der Waals surface area contributed by atoms with Gasteiger partial charge in [0.2, 0.25) is 0 Å². The summed E-state index contributed by atoms with van der Waals surface area (Å²) >= 11 is 0. The molecular weight excluding hydrogens is 280 g/mol. The summed E-state index contributed by atoms with van der Waals surface area (Å²) in [6.45, 7) is 10.7. The molecule has 0 aromatic carbocycles. The molecule has 0 heterocycles. The smallest absolute Gasteiger partial charge is 0.167 e. The van der Waals surface area contributed by atoms with Crippen molar-refractivity contribution in [1.29, 1.82) is 10.5 Å². The molecule has 0 aliphatic rings. The van der Waals surface area contributed by atoms with Gasteiger partial charge >= 0.3 is 0 Å². The zero-order chi connectivity index (χ0) is 17.7. The van der Waals surface area contributed by atoms with Gasteiger partial charge < -0.3 is 9.84 Å². The van der Waals surface area contributed by atoms with Crippen LogP contribution in [-0.2, 0) is 4.74 Å². The fourth-order valence-corrected chi connectivity index (χ4v) is 2.30. The zero-order valence-electron chi connectivity index (χ0n) is 14.8. The number of hydrogen-bond donors (Lipinski definition) is 1. The van der Waals surface area contributed by atoms with E-state index in [0.717, 1.165) is 0 Å². The van der Waals surface area contributed by atoms with Gasteiger partial charge in [0.05, 0.1) is 17.7 Å². The summed E-state index contributed by atoms with van der Waals surface area (Å²) in [5.74, 6) is 0. The van der Waals surface area contributed by atoms with E-state index >= 15 is 0 Å². The van der Waals surface area contributed by atoms with Crippen molar-refractivity contribution in [1.82, 2.24) is 0 Å². The van der Waals surface area contributed by atoms with Gasteiger partial charge in [0, 0.05) is 20.1 Å². The lowest BCUT2D eigenvalue weighted by Crippen LogP contribution is -2.35. The molecule has 124 valence electrons. The third-order valence-electron chi connectivity index (χ3n) is 3.55. The number of nitriles is 2. The molecule has 0 fully saturated rings. The van der Waals surface area contributed by atoms with Crippen molar-refractivity contribution in [2.45, 2.75) is 71.1 Å². The van der Waals surface area contributed by atoms with E-state index in [1.54, 1.807) is 21.0 Å². The lowest BCUT2D eigenvalue weighted by Gasteiger charge is -2.31. The SMILES string of the molecule is COC(C)(C)CC(C)(C#N)N=NC(C)(C#N)CC(C)(C)CO. The van der Waals surface area contributed by atoms with E-state index < -0.39 is 22.1 Å². The van der Waals surface area contributed by atoms with Crippen LogP contribution in [0.15, 0.2) is 10.2 Å². The number of aliphatic hydroxyl groups is 1. The van der Waals surface area contributed by atoms with Crippen molar-refractivity contribution in [3.8, 4) is 12.1 Å². The molecule has 1 N–H and O–H groups in total. The topological polar surface area (TPSA) is 102 Å². The van der Waals surface area contributed by atoms with Gasteiger partial charge in [0.25, 0.3) is 0 Å². The molecule has 0 saturated heterocycles. The molecule has 0 aromatic heterocycles. The van der Waals surface area contributed by atoms with E-state index in [4.69, 9.17) is 4.74 Å². The highest BCUT2D eigenvalue weighted by molar-refractivity contribution is 5.10. The third-order valence-corrected chi connectivity index (χ3v) is 3.55. The molecule has 0 aromatic rings. The Hall–Kier alpha value is -1.50. The van der Waals surface area contributed by atoms with Crippen LogP contribution in [0.1, 0.15) is 54.4 Å². The summed E-state index contributed by atoms with van der Waals surface area (Å²) < 4.78 is 5.34. The van der Waals surface area contributed by atoms with E-state index in [2.05, 4.69) is 22.4 Å². The molecule has 6 heteroatoms. The highest BCUT2D eigenvalue weighted by atomic mass is 16.5. The number of methoxy groups -OCH3 is 1. The Labute approximate surface area is 133 Å². The van der Waals surface area contributed by atoms with Gasteiger partial charge in [0.1, 0.15) is 0 Å². The van der Waals surface area contributed by atoms with Crippen LogP contribution in [-0.4, -0.2) is 35.5 Å². The predicted octanol–water partition coefficient (Wildman–Crippen LogP) is 3.23. The zero-order valence-corrected chi connectivity index (χ0v) is 14.8. The molecular formula is C16H28N4O2. The molecule has 0 bridgehead atoms. The molecule has 0 amide bonds. The summed E-state index contributed by atoms with van der Waals surface area (Å²) in [7, 11) is 1.58. The molecule has 0 radical (unpaired) electrons. The molecule has 0 rings (SSSR count). The average Bonchev–Trinajstić information content (AvgIpc) is 2.44. The second-order valence-electron chi connectivity index (χ2n) is 7.61. The quantitative estimate of drug-likeness (QED) is 0.695. The normalized spacial score (nSPS) is 18.3. The standard InChI is InChI=1S/C16H28N4O2/c1-13(2,12-21)8-15(5,10-17)19-20-16(6,11-18)9-14(3,4)22-7/h21H,8-9,12H2,1-7H3. The number of hydrogen-bond acceptors (Lipinski definition) is 6. The van der Waals surface area contributed by atoms with E-state index in [1.165, 1.54) is 0 Å². The van der Waals surface area contributed by atoms with Crippen molar-refractivity contribution in [3.63, 3.8) is 0 Å². The fraction of sp³-hybridized carbons (Fsp3) is 0.875. The van der Waals surface area contributed by atoms with Gasteiger partial charge in [-0.1, -0.05) is 13.8 Å². The monoisotopic (exact) mass is 308 g/mol. The van der Waals surface area contributed by atoms with Gasteiger partial charge in [0.15, 0.2) is 11.1 Å². The van der Waals surface area contributed by atoms with Crippen LogP contribution in [0.5, 0.6) is 0 Å². The lowest BCUT2D eigenvalue weighted by atomic mass is 9.81. The van der Waals surface area contributed by atoms with E-state index in [1.807, 2.05) is 27.7 Å². The Morgan fingerprint density at radius 1 is 0.909 bits per heavy atom. The maximum absolute atomic E-state index is 9.41. The number of rotatable bonds is 8. The minimum Gasteiger partial charge on any atom is -0.396 e. The Balaban J connectivity index is 5.33. The van der Waals surface area contributed by atoms with E-state index in [0.29, 0.717) is 12.8 Å². The predicted molar refractivity (Wildman–Crippen MR) is 84.1 cm³/mol. The maximum atomic E-state index is 9.41. The summed E-state index contributed by atoms with van der Waals surface area (Å²) in [4.78, 5) is 0. The first-order valence-electron chi connectivity index (χ1n) is 7.29. The number of ether oxygens (including phenoxy) is 1. The Morgan fingerprint density at radius 3 is 1.64 bits per heavy atom. The Bertz CT molecular complexity index is 443. The lowest BCUT2D eigenvalue weighted by molar-refractivity contribution is 0.00455. The first-order valence-corrected chi connectivity index (χ1v) is 7.29. The van der Waals surface area contributed by atoms with E-state index in [9.17, 15) is 15.6 Å². The number of azo groups is 1. The van der Waals surface area contributed by atoms with Gasteiger partial charge in [-0.3, -0.25) is 0 Å². The molecule has 22 heavy (non-hydrogen) atoms. The maximum Gasteiger partial charge on any atom is 0.167 e. The van der Waals surface area contributed by atoms with Crippen LogP contribution in [0.3, 0.4) is 0 Å². The van der Waals surface area contributed by atoms with Crippen molar-refractivity contribution < 1.29 is 9.84 Å². The molecule has 0 spiro atoms. The molecule has 0 saturated carbocycles. The molecule has 0 aliphatic heterocycles. The Kier molecular flexibility index (Phi) is 6.69. The van der Waals surface area contributed by atoms with Crippen molar-refractivity contribution >= 4 is 0 Å². The molecule has 2 atom stereocenters. The average molecular weight is 308 g/mol. The van der Waals surface area contributed by atoms with Crippen LogP contribution in [0, 0.1) is 28.1 Å². The fourth-order valence-electron chi connectivity index (χ4n) is 2.30. The van der Waals surface area contributed by atoms with Gasteiger partial charge in [-0.15, -0.1) is 0 Å². The second kappa shape index (κ2) is 7.17. The van der Waals surface area contributed by atoms with Crippen molar-refractivity contribution in [3.05, 3.63) is 0 Å².